The first kappa shape index (κ1) is 11.4. The molecule has 0 aliphatic heterocycles. The molecule has 0 unspecified atom stereocenters. The van der Waals surface area contributed by atoms with Crippen LogP contribution in [0.1, 0.15) is 36.0 Å². The van der Waals surface area contributed by atoms with Gasteiger partial charge in [-0.1, -0.05) is 12.1 Å². The van der Waals surface area contributed by atoms with E-state index in [0.717, 1.165) is 19.1 Å². The molecule has 0 aliphatic carbocycles. The standard InChI is InChI=1S/C12H15NO2/c13-11-7-4-3-6-10(11)12(15)8-2-1-5-9-14/h3-4,6-7,9H,1-2,5,8,13H2. The van der Waals surface area contributed by atoms with Crippen molar-refractivity contribution in [3.63, 3.8) is 0 Å². The molecule has 3 heteroatoms. The molecule has 0 saturated heterocycles. The number of nitrogens with two attached hydrogens (primary N) is 1. The van der Waals surface area contributed by atoms with Crippen LogP contribution >= 0.6 is 0 Å². The fraction of sp³-hybridized carbons (Fsp3) is 0.333. The molecule has 0 radical (unpaired) electrons. The summed E-state index contributed by atoms with van der Waals surface area (Å²) in [7, 11) is 0. The van der Waals surface area contributed by atoms with Gasteiger partial charge >= 0.3 is 0 Å². The van der Waals surface area contributed by atoms with Crippen molar-refractivity contribution in [2.24, 2.45) is 0 Å². The molecule has 80 valence electrons. The highest BCUT2D eigenvalue weighted by Crippen LogP contribution is 2.14. The maximum absolute atomic E-state index is 11.7. The van der Waals surface area contributed by atoms with Gasteiger partial charge in [-0.05, 0) is 25.0 Å². The molecule has 1 aromatic carbocycles. The first-order valence-corrected chi connectivity index (χ1v) is 5.07. The Morgan fingerprint density at radius 3 is 2.67 bits per heavy atom. The molecule has 2 N–H and O–H groups in total. The minimum Gasteiger partial charge on any atom is -0.398 e. The van der Waals surface area contributed by atoms with E-state index in [1.54, 1.807) is 24.3 Å². The zero-order valence-electron chi connectivity index (χ0n) is 8.61. The van der Waals surface area contributed by atoms with Crippen molar-refractivity contribution in [2.45, 2.75) is 25.7 Å². The molecule has 0 aliphatic rings. The molecule has 1 rings (SSSR count). The molecule has 0 spiro atoms. The highest BCUT2D eigenvalue weighted by Gasteiger charge is 2.07. The van der Waals surface area contributed by atoms with Crippen molar-refractivity contribution in [1.82, 2.24) is 0 Å². The van der Waals surface area contributed by atoms with Gasteiger partial charge in [-0.15, -0.1) is 0 Å². The van der Waals surface area contributed by atoms with Gasteiger partial charge < -0.3 is 10.5 Å². The van der Waals surface area contributed by atoms with Gasteiger partial charge in [0.25, 0.3) is 0 Å². The smallest absolute Gasteiger partial charge is 0.164 e. The van der Waals surface area contributed by atoms with Crippen LogP contribution in [-0.2, 0) is 4.79 Å². The number of unbranched alkanes of at least 4 members (excludes halogenated alkanes) is 2. The van der Waals surface area contributed by atoms with Gasteiger partial charge in [0.05, 0.1) is 0 Å². The summed E-state index contributed by atoms with van der Waals surface area (Å²) in [4.78, 5) is 21.7. The lowest BCUT2D eigenvalue weighted by Crippen LogP contribution is -2.03. The van der Waals surface area contributed by atoms with Gasteiger partial charge in [0, 0.05) is 24.1 Å². The Kier molecular flexibility index (Phi) is 4.54. The summed E-state index contributed by atoms with van der Waals surface area (Å²) in [6.07, 6.45) is 3.37. The fourth-order valence-corrected chi connectivity index (χ4v) is 1.40. The van der Waals surface area contributed by atoms with Crippen LogP contribution in [0.15, 0.2) is 24.3 Å². The molecule has 0 heterocycles. The zero-order valence-corrected chi connectivity index (χ0v) is 8.61. The van der Waals surface area contributed by atoms with Gasteiger partial charge in [0.2, 0.25) is 0 Å². The number of nitrogen functional groups attached to an aromatic ring is 1. The predicted molar refractivity (Wildman–Crippen MR) is 59.7 cm³/mol. The van der Waals surface area contributed by atoms with E-state index in [2.05, 4.69) is 0 Å². The number of carbonyl (C=O) groups is 2. The van der Waals surface area contributed by atoms with Gasteiger partial charge in [0.15, 0.2) is 5.78 Å². The van der Waals surface area contributed by atoms with E-state index < -0.39 is 0 Å². The summed E-state index contributed by atoms with van der Waals surface area (Å²) in [5, 5.41) is 0. The largest absolute Gasteiger partial charge is 0.398 e. The van der Waals surface area contributed by atoms with E-state index in [4.69, 9.17) is 5.73 Å². The molecular weight excluding hydrogens is 190 g/mol. The Morgan fingerprint density at radius 2 is 2.00 bits per heavy atom. The van der Waals surface area contributed by atoms with Crippen molar-refractivity contribution < 1.29 is 9.59 Å². The maximum Gasteiger partial charge on any atom is 0.164 e. The van der Waals surface area contributed by atoms with Crippen molar-refractivity contribution in [3.8, 4) is 0 Å². The predicted octanol–water partition coefficient (Wildman–Crippen LogP) is 2.21. The Labute approximate surface area is 89.3 Å². The van der Waals surface area contributed by atoms with Crippen molar-refractivity contribution in [1.29, 1.82) is 0 Å². The lowest BCUT2D eigenvalue weighted by atomic mass is 10.0. The number of Topliss-reactive ketones (excluding diaryl/α,β-unsaturated/α-hetero) is 1. The topological polar surface area (TPSA) is 60.2 Å². The SMILES string of the molecule is Nc1ccccc1C(=O)CCCCC=O. The Balaban J connectivity index is 2.47. The number of benzene rings is 1. The Morgan fingerprint density at radius 1 is 1.27 bits per heavy atom. The lowest BCUT2D eigenvalue weighted by molar-refractivity contribution is -0.107. The number of rotatable bonds is 6. The molecule has 0 atom stereocenters. The second kappa shape index (κ2) is 5.96. The molecule has 15 heavy (non-hydrogen) atoms. The van der Waals surface area contributed by atoms with E-state index >= 15 is 0 Å². The summed E-state index contributed by atoms with van der Waals surface area (Å²) in [6, 6.07) is 7.06. The van der Waals surface area contributed by atoms with Crippen molar-refractivity contribution in [3.05, 3.63) is 29.8 Å². The normalized spacial score (nSPS) is 9.87. The minimum absolute atomic E-state index is 0.0546. The highest BCUT2D eigenvalue weighted by atomic mass is 16.1. The number of anilines is 1. The van der Waals surface area contributed by atoms with Gasteiger partial charge in [-0.25, -0.2) is 0 Å². The lowest BCUT2D eigenvalue weighted by Gasteiger charge is -2.03. The van der Waals surface area contributed by atoms with Crippen LogP contribution in [0, 0.1) is 0 Å². The third-order valence-electron chi connectivity index (χ3n) is 2.24. The van der Waals surface area contributed by atoms with Crippen LogP contribution in [0.25, 0.3) is 0 Å². The highest BCUT2D eigenvalue weighted by molar-refractivity contribution is 6.00. The minimum atomic E-state index is 0.0546. The fourth-order valence-electron chi connectivity index (χ4n) is 1.40. The van der Waals surface area contributed by atoms with Crippen LogP contribution in [-0.4, -0.2) is 12.1 Å². The average molecular weight is 205 g/mol. The molecular formula is C12H15NO2. The van der Waals surface area contributed by atoms with Gasteiger partial charge in [0.1, 0.15) is 6.29 Å². The average Bonchev–Trinajstić information content (AvgIpc) is 2.25. The number of hydrogen-bond donors (Lipinski definition) is 1. The molecule has 0 amide bonds. The zero-order chi connectivity index (χ0) is 11.1. The first-order chi connectivity index (χ1) is 7.25. The van der Waals surface area contributed by atoms with Crippen LogP contribution in [0.2, 0.25) is 0 Å². The number of para-hydroxylation sites is 1. The molecule has 3 nitrogen and oxygen atoms in total. The summed E-state index contributed by atoms with van der Waals surface area (Å²) in [5.41, 5.74) is 6.79. The third kappa shape index (κ3) is 3.54. The summed E-state index contributed by atoms with van der Waals surface area (Å²) in [5.74, 6) is 0.0546. The number of aldehydes is 1. The summed E-state index contributed by atoms with van der Waals surface area (Å²) in [6.45, 7) is 0. The molecule has 0 aromatic heterocycles. The van der Waals surface area contributed by atoms with E-state index in [1.165, 1.54) is 0 Å². The summed E-state index contributed by atoms with van der Waals surface area (Å²) < 4.78 is 0. The van der Waals surface area contributed by atoms with Crippen molar-refractivity contribution in [2.75, 3.05) is 5.73 Å². The second-order valence-electron chi connectivity index (χ2n) is 3.42. The first-order valence-electron chi connectivity index (χ1n) is 5.07. The summed E-state index contributed by atoms with van der Waals surface area (Å²) >= 11 is 0. The van der Waals surface area contributed by atoms with E-state index in [0.29, 0.717) is 24.1 Å². The van der Waals surface area contributed by atoms with Gasteiger partial charge in [-0.2, -0.15) is 0 Å². The van der Waals surface area contributed by atoms with Crippen LogP contribution in [0.3, 0.4) is 0 Å². The van der Waals surface area contributed by atoms with Crippen molar-refractivity contribution >= 4 is 17.8 Å². The van der Waals surface area contributed by atoms with E-state index in [9.17, 15) is 9.59 Å². The second-order valence-corrected chi connectivity index (χ2v) is 3.42. The molecule has 0 saturated carbocycles. The number of ketones is 1. The maximum atomic E-state index is 11.7. The van der Waals surface area contributed by atoms with E-state index in [1.807, 2.05) is 0 Å². The molecule has 0 fully saturated rings. The monoisotopic (exact) mass is 205 g/mol. The van der Waals surface area contributed by atoms with Crippen LogP contribution in [0.5, 0.6) is 0 Å². The molecule has 1 aromatic rings. The van der Waals surface area contributed by atoms with Crippen LogP contribution < -0.4 is 5.73 Å². The number of carbonyl (C=O) groups excluding carboxylic acids is 2. The van der Waals surface area contributed by atoms with E-state index in [-0.39, 0.29) is 5.78 Å². The van der Waals surface area contributed by atoms with Crippen LogP contribution in [0.4, 0.5) is 5.69 Å². The third-order valence-corrected chi connectivity index (χ3v) is 2.24. The van der Waals surface area contributed by atoms with Gasteiger partial charge in [-0.3, -0.25) is 4.79 Å². The Hall–Kier alpha value is -1.64. The number of hydrogen-bond acceptors (Lipinski definition) is 3. The Bertz CT molecular complexity index is 347. The quantitative estimate of drug-likeness (QED) is 0.335. The molecule has 0 bridgehead atoms.